The molecule has 0 unspecified atom stereocenters. The van der Waals surface area contributed by atoms with Crippen molar-refractivity contribution in [1.29, 1.82) is 0 Å². The molecule has 0 aliphatic heterocycles. The van der Waals surface area contributed by atoms with Crippen LogP contribution >= 0.6 is 0 Å². The Morgan fingerprint density at radius 1 is 1.21 bits per heavy atom. The third-order valence-corrected chi connectivity index (χ3v) is 4.41. The van der Waals surface area contributed by atoms with Crippen LogP contribution < -0.4 is 10.1 Å². The molecule has 1 aliphatic carbocycles. The van der Waals surface area contributed by atoms with E-state index in [1.807, 2.05) is 25.1 Å². The fourth-order valence-electron chi connectivity index (χ4n) is 2.92. The van der Waals surface area contributed by atoms with Gasteiger partial charge in [-0.25, -0.2) is 4.79 Å². The molecule has 0 heterocycles. The minimum Gasteiger partial charge on any atom is -0.482 e. The predicted octanol–water partition coefficient (Wildman–Crippen LogP) is 3.00. The number of amides is 1. The van der Waals surface area contributed by atoms with Gasteiger partial charge in [-0.1, -0.05) is 37.5 Å². The maximum Gasteiger partial charge on any atom is 0.344 e. The van der Waals surface area contributed by atoms with Crippen LogP contribution in [0.5, 0.6) is 5.75 Å². The topological polar surface area (TPSA) is 64.6 Å². The zero-order valence-corrected chi connectivity index (χ0v) is 14.5. The van der Waals surface area contributed by atoms with Gasteiger partial charge in [0, 0.05) is 6.54 Å². The van der Waals surface area contributed by atoms with Gasteiger partial charge in [0.25, 0.3) is 5.91 Å². The first kappa shape index (κ1) is 18.3. The normalized spacial score (nSPS) is 16.2. The van der Waals surface area contributed by atoms with E-state index in [0.717, 1.165) is 5.56 Å². The lowest BCUT2D eigenvalue weighted by Gasteiger charge is -2.22. The van der Waals surface area contributed by atoms with Crippen LogP contribution in [0.4, 0.5) is 0 Å². The summed E-state index contributed by atoms with van der Waals surface area (Å²) < 4.78 is 10.6. The smallest absolute Gasteiger partial charge is 0.344 e. The summed E-state index contributed by atoms with van der Waals surface area (Å²) >= 11 is 0. The number of carbonyl (C=O) groups is 2. The van der Waals surface area contributed by atoms with E-state index < -0.39 is 12.1 Å². The first-order valence-electron chi connectivity index (χ1n) is 8.72. The lowest BCUT2D eigenvalue weighted by molar-refractivity contribution is -0.156. The first-order chi connectivity index (χ1) is 11.6. The Morgan fingerprint density at radius 3 is 2.62 bits per heavy atom. The number of esters is 1. The standard InChI is InChI=1S/C19H27NO4/c1-14-8-6-7-11-17(14)23-13-18(21)24-15(2)19(22)20-12-16-9-4-3-5-10-16/h6-8,11,15-16H,3-5,9-10,12-13H2,1-2H3,(H,20,22)/t15-/m1/s1. The molecule has 2 rings (SSSR count). The summed E-state index contributed by atoms with van der Waals surface area (Å²) in [6.45, 7) is 3.95. The van der Waals surface area contributed by atoms with E-state index >= 15 is 0 Å². The third kappa shape index (κ3) is 5.87. The van der Waals surface area contributed by atoms with Crippen LogP contribution in [0.25, 0.3) is 0 Å². The van der Waals surface area contributed by atoms with Crippen molar-refractivity contribution >= 4 is 11.9 Å². The molecular weight excluding hydrogens is 306 g/mol. The van der Waals surface area contributed by atoms with Crippen molar-refractivity contribution in [1.82, 2.24) is 5.32 Å². The second kappa shape index (κ2) is 9.30. The lowest BCUT2D eigenvalue weighted by Crippen LogP contribution is -2.39. The molecule has 0 saturated heterocycles. The highest BCUT2D eigenvalue weighted by atomic mass is 16.6. The van der Waals surface area contributed by atoms with Crippen molar-refractivity contribution in [2.24, 2.45) is 5.92 Å². The van der Waals surface area contributed by atoms with E-state index in [1.54, 1.807) is 13.0 Å². The highest BCUT2D eigenvalue weighted by Crippen LogP contribution is 2.22. The highest BCUT2D eigenvalue weighted by molar-refractivity contribution is 5.83. The molecule has 0 bridgehead atoms. The monoisotopic (exact) mass is 333 g/mol. The molecular formula is C19H27NO4. The average Bonchev–Trinajstić information content (AvgIpc) is 2.59. The zero-order chi connectivity index (χ0) is 17.4. The maximum atomic E-state index is 12.0. The van der Waals surface area contributed by atoms with Crippen LogP contribution in [0.2, 0.25) is 0 Å². The van der Waals surface area contributed by atoms with Gasteiger partial charge in [-0.05, 0) is 44.2 Å². The van der Waals surface area contributed by atoms with E-state index in [2.05, 4.69) is 5.32 Å². The summed E-state index contributed by atoms with van der Waals surface area (Å²) in [5.74, 6) is 0.405. The first-order valence-corrected chi connectivity index (χ1v) is 8.72. The summed E-state index contributed by atoms with van der Waals surface area (Å²) in [5, 5.41) is 2.88. The minimum absolute atomic E-state index is 0.203. The summed E-state index contributed by atoms with van der Waals surface area (Å²) in [7, 11) is 0. The average molecular weight is 333 g/mol. The Labute approximate surface area is 143 Å². The number of nitrogens with one attached hydrogen (secondary N) is 1. The summed E-state index contributed by atoms with van der Waals surface area (Å²) in [6.07, 6.45) is 5.29. The fourth-order valence-corrected chi connectivity index (χ4v) is 2.92. The molecule has 1 atom stereocenters. The molecule has 1 aromatic rings. The van der Waals surface area contributed by atoms with E-state index in [9.17, 15) is 9.59 Å². The lowest BCUT2D eigenvalue weighted by atomic mass is 9.89. The SMILES string of the molecule is Cc1ccccc1OCC(=O)O[C@H](C)C(=O)NCC1CCCCC1. The second-order valence-electron chi connectivity index (χ2n) is 6.44. The van der Waals surface area contributed by atoms with E-state index in [4.69, 9.17) is 9.47 Å². The van der Waals surface area contributed by atoms with Crippen LogP contribution in [0.1, 0.15) is 44.6 Å². The molecule has 24 heavy (non-hydrogen) atoms. The number of hydrogen-bond donors (Lipinski definition) is 1. The van der Waals surface area contributed by atoms with Gasteiger partial charge in [0.2, 0.25) is 0 Å². The molecule has 1 amide bonds. The number of ether oxygens (including phenoxy) is 2. The maximum absolute atomic E-state index is 12.0. The Hall–Kier alpha value is -2.04. The number of carbonyl (C=O) groups excluding carboxylic acids is 2. The minimum atomic E-state index is -0.804. The number of hydrogen-bond acceptors (Lipinski definition) is 4. The van der Waals surface area contributed by atoms with Gasteiger partial charge < -0.3 is 14.8 Å². The van der Waals surface area contributed by atoms with Gasteiger partial charge in [-0.3, -0.25) is 4.79 Å². The number of para-hydroxylation sites is 1. The van der Waals surface area contributed by atoms with Gasteiger partial charge in [0.05, 0.1) is 0 Å². The molecule has 1 saturated carbocycles. The van der Waals surface area contributed by atoms with E-state index in [-0.39, 0.29) is 12.5 Å². The molecule has 1 aromatic carbocycles. The van der Waals surface area contributed by atoms with Crippen molar-refractivity contribution in [2.75, 3.05) is 13.2 Å². The molecule has 0 radical (unpaired) electrons. The predicted molar refractivity (Wildman–Crippen MR) is 91.8 cm³/mol. The van der Waals surface area contributed by atoms with Gasteiger partial charge >= 0.3 is 5.97 Å². The second-order valence-corrected chi connectivity index (χ2v) is 6.44. The van der Waals surface area contributed by atoms with E-state index in [1.165, 1.54) is 32.1 Å². The van der Waals surface area contributed by atoms with Crippen LogP contribution in [0, 0.1) is 12.8 Å². The summed E-state index contributed by atoms with van der Waals surface area (Å²) in [5.41, 5.74) is 0.948. The van der Waals surface area contributed by atoms with Gasteiger partial charge in [-0.2, -0.15) is 0 Å². The molecule has 5 nitrogen and oxygen atoms in total. The van der Waals surface area contributed by atoms with Crippen LogP contribution in [0.15, 0.2) is 24.3 Å². The van der Waals surface area contributed by atoms with Gasteiger partial charge in [0.1, 0.15) is 5.75 Å². The molecule has 132 valence electrons. The van der Waals surface area contributed by atoms with Crippen LogP contribution in [-0.2, 0) is 14.3 Å². The number of aryl methyl sites for hydroxylation is 1. The van der Waals surface area contributed by atoms with Crippen LogP contribution in [-0.4, -0.2) is 31.1 Å². The summed E-state index contributed by atoms with van der Waals surface area (Å²) in [6, 6.07) is 7.44. The number of benzene rings is 1. The largest absolute Gasteiger partial charge is 0.482 e. The Morgan fingerprint density at radius 2 is 1.92 bits per heavy atom. The third-order valence-electron chi connectivity index (χ3n) is 4.41. The van der Waals surface area contributed by atoms with E-state index in [0.29, 0.717) is 18.2 Å². The van der Waals surface area contributed by atoms with Crippen molar-refractivity contribution in [3.63, 3.8) is 0 Å². The molecule has 5 heteroatoms. The Kier molecular flexibility index (Phi) is 7.09. The molecule has 0 aromatic heterocycles. The van der Waals surface area contributed by atoms with Gasteiger partial charge in [0.15, 0.2) is 12.7 Å². The molecule has 0 spiro atoms. The quantitative estimate of drug-likeness (QED) is 0.779. The van der Waals surface area contributed by atoms with Crippen molar-refractivity contribution in [2.45, 2.75) is 52.1 Å². The van der Waals surface area contributed by atoms with Gasteiger partial charge in [-0.15, -0.1) is 0 Å². The number of rotatable bonds is 7. The molecule has 1 aliphatic rings. The zero-order valence-electron chi connectivity index (χ0n) is 14.5. The van der Waals surface area contributed by atoms with Crippen molar-refractivity contribution < 1.29 is 19.1 Å². The Bertz CT molecular complexity index is 552. The fraction of sp³-hybridized carbons (Fsp3) is 0.579. The highest BCUT2D eigenvalue weighted by Gasteiger charge is 2.20. The Balaban J connectivity index is 1.68. The summed E-state index contributed by atoms with van der Waals surface area (Å²) in [4.78, 5) is 23.8. The van der Waals surface area contributed by atoms with Crippen molar-refractivity contribution in [3.05, 3.63) is 29.8 Å². The molecule has 1 N–H and O–H groups in total. The van der Waals surface area contributed by atoms with Crippen molar-refractivity contribution in [3.8, 4) is 5.75 Å². The molecule has 1 fully saturated rings. The van der Waals surface area contributed by atoms with Crippen LogP contribution in [0.3, 0.4) is 0 Å².